The van der Waals surface area contributed by atoms with Gasteiger partial charge < -0.3 is 9.64 Å². The molecular weight excluding hydrogens is 272 g/mol. The normalized spacial score (nSPS) is 27.6. The molecule has 1 aromatic heterocycles. The van der Waals surface area contributed by atoms with Gasteiger partial charge in [-0.25, -0.2) is 0 Å². The number of rotatable bonds is 5. The van der Waals surface area contributed by atoms with Crippen LogP contribution in [0.25, 0.3) is 0 Å². The average molecular weight is 294 g/mol. The van der Waals surface area contributed by atoms with Crippen molar-refractivity contribution in [3.8, 4) is 0 Å². The molecule has 0 aromatic carbocycles. The molecule has 3 rings (SSSR count). The van der Waals surface area contributed by atoms with E-state index in [4.69, 9.17) is 4.74 Å². The molecular formula is C15H22N2O2S. The molecule has 4 nitrogen and oxygen atoms in total. The van der Waals surface area contributed by atoms with E-state index in [0.29, 0.717) is 19.3 Å². The molecule has 1 aliphatic heterocycles. The van der Waals surface area contributed by atoms with Gasteiger partial charge in [-0.05, 0) is 31.2 Å². The zero-order valence-electron chi connectivity index (χ0n) is 11.9. The highest BCUT2D eigenvalue weighted by Gasteiger charge is 2.37. The lowest BCUT2D eigenvalue weighted by Gasteiger charge is -2.24. The SMILES string of the molecule is CC1NC(c2cccs2)N(CCOC2CCCC2)C1=O. The Morgan fingerprint density at radius 3 is 2.95 bits per heavy atom. The summed E-state index contributed by atoms with van der Waals surface area (Å²) in [7, 11) is 0. The number of nitrogens with zero attached hydrogens (tertiary/aromatic N) is 1. The minimum atomic E-state index is -0.103. The highest BCUT2D eigenvalue weighted by Crippen LogP contribution is 2.28. The van der Waals surface area contributed by atoms with Gasteiger partial charge in [0.15, 0.2) is 0 Å². The summed E-state index contributed by atoms with van der Waals surface area (Å²) in [5.41, 5.74) is 0. The first-order valence-electron chi connectivity index (χ1n) is 7.47. The van der Waals surface area contributed by atoms with E-state index in [9.17, 15) is 4.79 Å². The number of hydrogen-bond acceptors (Lipinski definition) is 4. The summed E-state index contributed by atoms with van der Waals surface area (Å²) in [6.07, 6.45) is 5.35. The molecule has 2 heterocycles. The monoisotopic (exact) mass is 294 g/mol. The van der Waals surface area contributed by atoms with E-state index in [1.54, 1.807) is 11.3 Å². The number of nitrogens with one attached hydrogen (secondary N) is 1. The lowest BCUT2D eigenvalue weighted by atomic mass is 10.3. The Kier molecular flexibility index (Phi) is 4.38. The van der Waals surface area contributed by atoms with Gasteiger partial charge in [-0.15, -0.1) is 11.3 Å². The second-order valence-electron chi connectivity index (χ2n) is 5.62. The standard InChI is InChI=1S/C15H22N2O2S/c1-11-15(18)17(8-9-19-12-5-2-3-6-12)14(16-11)13-7-4-10-20-13/h4,7,10-12,14,16H,2-3,5-6,8-9H2,1H3. The zero-order chi connectivity index (χ0) is 13.9. The van der Waals surface area contributed by atoms with E-state index in [1.807, 2.05) is 17.9 Å². The molecule has 0 spiro atoms. The fourth-order valence-corrected chi connectivity index (χ4v) is 3.86. The number of thiophene rings is 1. The van der Waals surface area contributed by atoms with Crippen LogP contribution in [0.3, 0.4) is 0 Å². The molecule has 2 atom stereocenters. The zero-order valence-corrected chi connectivity index (χ0v) is 12.7. The molecule has 1 N–H and O–H groups in total. The average Bonchev–Trinajstić information content (AvgIpc) is 3.15. The van der Waals surface area contributed by atoms with Crippen LogP contribution in [0.5, 0.6) is 0 Å². The maximum absolute atomic E-state index is 12.3. The molecule has 2 aliphatic rings. The Labute approximate surface area is 124 Å². The topological polar surface area (TPSA) is 41.6 Å². The quantitative estimate of drug-likeness (QED) is 0.907. The van der Waals surface area contributed by atoms with Crippen molar-refractivity contribution in [2.75, 3.05) is 13.2 Å². The van der Waals surface area contributed by atoms with Crippen molar-refractivity contribution in [1.82, 2.24) is 10.2 Å². The number of carbonyl (C=O) groups excluding carboxylic acids is 1. The van der Waals surface area contributed by atoms with Crippen molar-refractivity contribution in [3.05, 3.63) is 22.4 Å². The minimum Gasteiger partial charge on any atom is -0.376 e. The van der Waals surface area contributed by atoms with E-state index in [2.05, 4.69) is 16.8 Å². The van der Waals surface area contributed by atoms with Gasteiger partial charge in [-0.2, -0.15) is 0 Å². The van der Waals surface area contributed by atoms with Gasteiger partial charge in [-0.3, -0.25) is 10.1 Å². The van der Waals surface area contributed by atoms with Crippen LogP contribution in [0, 0.1) is 0 Å². The van der Waals surface area contributed by atoms with Gasteiger partial charge in [0, 0.05) is 11.4 Å². The van der Waals surface area contributed by atoms with Crippen molar-refractivity contribution in [2.45, 2.75) is 50.9 Å². The lowest BCUT2D eigenvalue weighted by Crippen LogP contribution is -2.34. The summed E-state index contributed by atoms with van der Waals surface area (Å²) in [6, 6.07) is 4.01. The van der Waals surface area contributed by atoms with E-state index in [-0.39, 0.29) is 18.1 Å². The third kappa shape index (κ3) is 2.90. The molecule has 5 heteroatoms. The molecule has 20 heavy (non-hydrogen) atoms. The molecule has 2 fully saturated rings. The van der Waals surface area contributed by atoms with E-state index < -0.39 is 0 Å². The smallest absolute Gasteiger partial charge is 0.241 e. The highest BCUT2D eigenvalue weighted by atomic mass is 32.1. The number of ether oxygens (including phenoxy) is 1. The molecule has 0 bridgehead atoms. The van der Waals surface area contributed by atoms with Gasteiger partial charge in [-0.1, -0.05) is 18.9 Å². The first kappa shape index (κ1) is 14.0. The molecule has 1 aliphatic carbocycles. The van der Waals surface area contributed by atoms with Crippen LogP contribution in [0.1, 0.15) is 43.6 Å². The maximum atomic E-state index is 12.3. The minimum absolute atomic E-state index is 0.0182. The Balaban J connectivity index is 1.58. The number of amides is 1. The maximum Gasteiger partial charge on any atom is 0.241 e. The van der Waals surface area contributed by atoms with Gasteiger partial charge in [0.2, 0.25) is 5.91 Å². The van der Waals surface area contributed by atoms with E-state index in [0.717, 1.165) is 0 Å². The van der Waals surface area contributed by atoms with Crippen LogP contribution in [-0.4, -0.2) is 36.1 Å². The predicted molar refractivity (Wildman–Crippen MR) is 79.6 cm³/mol. The second-order valence-corrected chi connectivity index (χ2v) is 6.59. The summed E-state index contributed by atoms with van der Waals surface area (Å²) in [5.74, 6) is 0.179. The van der Waals surface area contributed by atoms with E-state index >= 15 is 0 Å². The summed E-state index contributed by atoms with van der Waals surface area (Å²) in [4.78, 5) is 15.4. The molecule has 1 saturated carbocycles. The van der Waals surface area contributed by atoms with Crippen molar-refractivity contribution in [3.63, 3.8) is 0 Å². The second kappa shape index (κ2) is 6.24. The molecule has 2 unspecified atom stereocenters. The predicted octanol–water partition coefficient (Wildman–Crippen LogP) is 2.53. The Morgan fingerprint density at radius 1 is 1.45 bits per heavy atom. The van der Waals surface area contributed by atoms with Gasteiger partial charge in [0.25, 0.3) is 0 Å². The summed E-state index contributed by atoms with van der Waals surface area (Å²) in [5, 5.41) is 5.42. The van der Waals surface area contributed by atoms with Gasteiger partial charge in [0.1, 0.15) is 6.17 Å². The van der Waals surface area contributed by atoms with Crippen LogP contribution in [0.2, 0.25) is 0 Å². The van der Waals surface area contributed by atoms with Crippen LogP contribution < -0.4 is 5.32 Å². The van der Waals surface area contributed by atoms with Crippen molar-refractivity contribution in [2.24, 2.45) is 0 Å². The molecule has 0 radical (unpaired) electrons. The molecule has 110 valence electrons. The fourth-order valence-electron chi connectivity index (χ4n) is 3.07. The van der Waals surface area contributed by atoms with Crippen molar-refractivity contribution < 1.29 is 9.53 Å². The third-order valence-electron chi connectivity index (χ3n) is 4.17. The number of hydrogen-bond donors (Lipinski definition) is 1. The Morgan fingerprint density at radius 2 is 2.25 bits per heavy atom. The van der Waals surface area contributed by atoms with Crippen LogP contribution >= 0.6 is 11.3 Å². The number of carbonyl (C=O) groups is 1. The summed E-state index contributed by atoms with van der Waals surface area (Å²) >= 11 is 1.69. The van der Waals surface area contributed by atoms with Crippen molar-refractivity contribution in [1.29, 1.82) is 0 Å². The largest absolute Gasteiger partial charge is 0.376 e. The Hall–Kier alpha value is -0.910. The summed E-state index contributed by atoms with van der Waals surface area (Å²) in [6.45, 7) is 3.25. The van der Waals surface area contributed by atoms with E-state index in [1.165, 1.54) is 30.6 Å². The molecule has 1 saturated heterocycles. The summed E-state index contributed by atoms with van der Waals surface area (Å²) < 4.78 is 5.90. The first-order chi connectivity index (χ1) is 9.75. The third-order valence-corrected chi connectivity index (χ3v) is 5.10. The molecule has 1 amide bonds. The van der Waals surface area contributed by atoms with Crippen LogP contribution in [0.4, 0.5) is 0 Å². The van der Waals surface area contributed by atoms with Gasteiger partial charge in [0.05, 0.1) is 18.8 Å². The van der Waals surface area contributed by atoms with Crippen LogP contribution in [0.15, 0.2) is 17.5 Å². The lowest BCUT2D eigenvalue weighted by molar-refractivity contribution is -0.130. The molecule has 1 aromatic rings. The van der Waals surface area contributed by atoms with Crippen molar-refractivity contribution >= 4 is 17.2 Å². The Bertz CT molecular complexity index is 443. The van der Waals surface area contributed by atoms with Gasteiger partial charge >= 0.3 is 0 Å². The van der Waals surface area contributed by atoms with Crippen LogP contribution in [-0.2, 0) is 9.53 Å². The highest BCUT2D eigenvalue weighted by molar-refractivity contribution is 7.10. The first-order valence-corrected chi connectivity index (χ1v) is 8.35. The fraction of sp³-hybridized carbons (Fsp3) is 0.667.